The van der Waals surface area contributed by atoms with Gasteiger partial charge in [-0.3, -0.25) is 4.79 Å². The molecule has 0 fully saturated rings. The molecule has 6 nitrogen and oxygen atoms in total. The minimum Gasteiger partial charge on any atom is -0.456 e. The maximum Gasteiger partial charge on any atom is 0.287 e. The summed E-state index contributed by atoms with van der Waals surface area (Å²) < 4.78 is 5.31. The van der Waals surface area contributed by atoms with Crippen molar-refractivity contribution in [3.8, 4) is 0 Å². The summed E-state index contributed by atoms with van der Waals surface area (Å²) in [6, 6.07) is 13.2. The second-order valence-corrected chi connectivity index (χ2v) is 4.68. The molecule has 0 bridgehead atoms. The van der Waals surface area contributed by atoms with Crippen LogP contribution in [0.15, 0.2) is 52.0 Å². The molecule has 2 rings (SSSR count). The molecule has 21 heavy (non-hydrogen) atoms. The zero-order valence-electron chi connectivity index (χ0n) is 11.7. The molecule has 0 radical (unpaired) electrons. The Morgan fingerprint density at radius 2 is 2.10 bits per heavy atom. The number of furan rings is 1. The van der Waals surface area contributed by atoms with E-state index in [1.54, 1.807) is 12.1 Å². The minimum absolute atomic E-state index is 0.101. The fourth-order valence-electron chi connectivity index (χ4n) is 1.92. The number of carbonyl (C=O) groups is 1. The standard InChI is InChI=1S/C15H16N4O2/c1-11(12-5-3-2-4-6-12)9-17-15(20)14-8-7-13(21-14)10-18-19-16/h2-8,11H,9-10H2,1H3,(H,17,20). The molecule has 0 aliphatic heterocycles. The number of nitrogens with one attached hydrogen (secondary N) is 1. The molecule has 2 aromatic rings. The fraction of sp³-hybridized carbons (Fsp3) is 0.267. The van der Waals surface area contributed by atoms with Crippen LogP contribution in [0.3, 0.4) is 0 Å². The van der Waals surface area contributed by atoms with Crippen LogP contribution in [-0.2, 0) is 6.54 Å². The smallest absolute Gasteiger partial charge is 0.287 e. The van der Waals surface area contributed by atoms with Crippen molar-refractivity contribution in [2.75, 3.05) is 6.54 Å². The van der Waals surface area contributed by atoms with E-state index in [0.29, 0.717) is 12.3 Å². The molecular formula is C15H16N4O2. The van der Waals surface area contributed by atoms with E-state index in [9.17, 15) is 4.79 Å². The minimum atomic E-state index is -0.273. The van der Waals surface area contributed by atoms with Crippen LogP contribution in [-0.4, -0.2) is 12.5 Å². The van der Waals surface area contributed by atoms with Crippen LogP contribution in [0.1, 0.15) is 34.7 Å². The molecule has 0 aliphatic rings. The number of benzene rings is 1. The summed E-state index contributed by atoms with van der Waals surface area (Å²) in [6.07, 6.45) is 0. The molecule has 1 unspecified atom stereocenters. The topological polar surface area (TPSA) is 91.0 Å². The normalized spacial score (nSPS) is 11.5. The van der Waals surface area contributed by atoms with E-state index >= 15 is 0 Å². The zero-order chi connectivity index (χ0) is 15.1. The third-order valence-electron chi connectivity index (χ3n) is 3.11. The Kier molecular flexibility index (Phi) is 5.01. The number of nitrogens with zero attached hydrogens (tertiary/aromatic N) is 3. The highest BCUT2D eigenvalue weighted by Crippen LogP contribution is 2.14. The second-order valence-electron chi connectivity index (χ2n) is 4.68. The van der Waals surface area contributed by atoms with Crippen LogP contribution in [0.2, 0.25) is 0 Å². The second kappa shape index (κ2) is 7.17. The molecule has 0 aliphatic carbocycles. The number of amides is 1. The van der Waals surface area contributed by atoms with E-state index in [1.807, 2.05) is 37.3 Å². The van der Waals surface area contributed by atoms with Crippen LogP contribution >= 0.6 is 0 Å². The molecule has 1 amide bonds. The fourth-order valence-corrected chi connectivity index (χ4v) is 1.92. The lowest BCUT2D eigenvalue weighted by Gasteiger charge is -2.12. The van der Waals surface area contributed by atoms with Crippen molar-refractivity contribution in [3.05, 3.63) is 70.0 Å². The summed E-state index contributed by atoms with van der Waals surface area (Å²) in [5, 5.41) is 6.21. The monoisotopic (exact) mass is 284 g/mol. The average Bonchev–Trinajstić information content (AvgIpc) is 3.00. The van der Waals surface area contributed by atoms with Crippen molar-refractivity contribution in [2.45, 2.75) is 19.4 Å². The van der Waals surface area contributed by atoms with Gasteiger partial charge in [0, 0.05) is 11.5 Å². The van der Waals surface area contributed by atoms with Crippen molar-refractivity contribution >= 4 is 5.91 Å². The van der Waals surface area contributed by atoms with Gasteiger partial charge in [0.1, 0.15) is 5.76 Å². The Morgan fingerprint density at radius 3 is 2.81 bits per heavy atom. The van der Waals surface area contributed by atoms with Gasteiger partial charge < -0.3 is 9.73 Å². The van der Waals surface area contributed by atoms with Crippen LogP contribution < -0.4 is 5.32 Å². The molecule has 0 saturated heterocycles. The van der Waals surface area contributed by atoms with Crippen molar-refractivity contribution < 1.29 is 9.21 Å². The first-order valence-electron chi connectivity index (χ1n) is 6.63. The first-order chi connectivity index (χ1) is 10.2. The van der Waals surface area contributed by atoms with Gasteiger partial charge in [-0.05, 0) is 29.1 Å². The Morgan fingerprint density at radius 1 is 1.33 bits per heavy atom. The van der Waals surface area contributed by atoms with Gasteiger partial charge in [-0.2, -0.15) is 0 Å². The predicted molar refractivity (Wildman–Crippen MR) is 78.7 cm³/mol. The summed E-state index contributed by atoms with van der Waals surface area (Å²) in [7, 11) is 0. The molecular weight excluding hydrogens is 268 g/mol. The van der Waals surface area contributed by atoms with Gasteiger partial charge in [-0.15, -0.1) is 0 Å². The average molecular weight is 284 g/mol. The number of rotatable bonds is 6. The molecule has 1 heterocycles. The summed E-state index contributed by atoms with van der Waals surface area (Å²) in [5.41, 5.74) is 9.40. The van der Waals surface area contributed by atoms with Gasteiger partial charge in [-0.1, -0.05) is 42.4 Å². The van der Waals surface area contributed by atoms with Gasteiger partial charge >= 0.3 is 0 Å². The Hall–Kier alpha value is -2.72. The van der Waals surface area contributed by atoms with E-state index in [-0.39, 0.29) is 24.1 Å². The first-order valence-corrected chi connectivity index (χ1v) is 6.63. The van der Waals surface area contributed by atoms with E-state index in [4.69, 9.17) is 9.95 Å². The van der Waals surface area contributed by atoms with Crippen molar-refractivity contribution in [1.82, 2.24) is 5.32 Å². The first kappa shape index (κ1) is 14.7. The SMILES string of the molecule is CC(CNC(=O)c1ccc(CN=[N+]=[N-])o1)c1ccccc1. The largest absolute Gasteiger partial charge is 0.456 e. The van der Waals surface area contributed by atoms with E-state index < -0.39 is 0 Å². The van der Waals surface area contributed by atoms with Crippen molar-refractivity contribution in [2.24, 2.45) is 5.11 Å². The lowest BCUT2D eigenvalue weighted by molar-refractivity contribution is 0.0922. The lowest BCUT2D eigenvalue weighted by Crippen LogP contribution is -2.27. The molecule has 1 aromatic carbocycles. The predicted octanol–water partition coefficient (Wildman–Crippen LogP) is 3.62. The van der Waals surface area contributed by atoms with Crippen LogP contribution in [0, 0.1) is 0 Å². The van der Waals surface area contributed by atoms with Gasteiger partial charge in [0.2, 0.25) is 0 Å². The highest BCUT2D eigenvalue weighted by molar-refractivity contribution is 5.91. The summed E-state index contributed by atoms with van der Waals surface area (Å²) in [4.78, 5) is 14.6. The van der Waals surface area contributed by atoms with Gasteiger partial charge in [0.25, 0.3) is 5.91 Å². The number of azide groups is 1. The molecule has 0 saturated carbocycles. The molecule has 1 atom stereocenters. The Bertz CT molecular complexity index is 645. The van der Waals surface area contributed by atoms with Crippen LogP contribution in [0.5, 0.6) is 0 Å². The van der Waals surface area contributed by atoms with Crippen molar-refractivity contribution in [1.29, 1.82) is 0 Å². The molecule has 6 heteroatoms. The van der Waals surface area contributed by atoms with Gasteiger partial charge in [0.15, 0.2) is 5.76 Å². The number of hydrogen-bond acceptors (Lipinski definition) is 3. The quantitative estimate of drug-likeness (QED) is 0.498. The number of hydrogen-bond donors (Lipinski definition) is 1. The number of carbonyl (C=O) groups excluding carboxylic acids is 1. The summed E-state index contributed by atoms with van der Waals surface area (Å²) in [6.45, 7) is 2.67. The van der Waals surface area contributed by atoms with Crippen LogP contribution in [0.4, 0.5) is 0 Å². The lowest BCUT2D eigenvalue weighted by atomic mass is 10.0. The maximum absolute atomic E-state index is 12.0. The molecule has 1 N–H and O–H groups in total. The third kappa shape index (κ3) is 4.12. The summed E-state index contributed by atoms with van der Waals surface area (Å²) in [5.74, 6) is 0.630. The van der Waals surface area contributed by atoms with Crippen LogP contribution in [0.25, 0.3) is 10.4 Å². The molecule has 0 spiro atoms. The maximum atomic E-state index is 12.0. The highest BCUT2D eigenvalue weighted by atomic mass is 16.4. The zero-order valence-corrected chi connectivity index (χ0v) is 11.7. The third-order valence-corrected chi connectivity index (χ3v) is 3.11. The Labute approximate surface area is 122 Å². The van der Waals surface area contributed by atoms with E-state index in [0.717, 1.165) is 0 Å². The van der Waals surface area contributed by atoms with E-state index in [2.05, 4.69) is 15.3 Å². The van der Waals surface area contributed by atoms with E-state index in [1.165, 1.54) is 5.56 Å². The highest BCUT2D eigenvalue weighted by Gasteiger charge is 2.12. The summed E-state index contributed by atoms with van der Waals surface area (Å²) >= 11 is 0. The molecule has 1 aromatic heterocycles. The molecule has 108 valence electrons. The van der Waals surface area contributed by atoms with Gasteiger partial charge in [-0.25, -0.2) is 0 Å². The Balaban J connectivity index is 1.89. The van der Waals surface area contributed by atoms with Gasteiger partial charge in [0.05, 0.1) is 6.54 Å². The van der Waals surface area contributed by atoms with Crippen molar-refractivity contribution in [3.63, 3.8) is 0 Å².